The number of hydrogen-bond acceptors (Lipinski definition) is 0. The Kier molecular flexibility index (Phi) is 8.06. The van der Waals surface area contributed by atoms with Crippen LogP contribution in [0.5, 0.6) is 0 Å². The monoisotopic (exact) mass is 440 g/mol. The van der Waals surface area contributed by atoms with E-state index in [2.05, 4.69) is 128 Å². The van der Waals surface area contributed by atoms with Crippen molar-refractivity contribution in [3.8, 4) is 0 Å². The fourth-order valence-corrected chi connectivity index (χ4v) is 10.3. The van der Waals surface area contributed by atoms with Crippen molar-refractivity contribution in [2.45, 2.75) is 25.4 Å². The second-order valence-corrected chi connectivity index (χ2v) is 12.5. The van der Waals surface area contributed by atoms with Crippen LogP contribution >= 0.6 is 15.8 Å². The average molecular weight is 441 g/mol. The quantitative estimate of drug-likeness (QED) is 0.264. The smallest absolute Gasteiger partial charge is 0.00836 e. The molecule has 0 bridgehead atoms. The first kappa shape index (κ1) is 22.0. The average Bonchev–Trinajstić information content (AvgIpc) is 2.85. The molecule has 1 atom stereocenters. The third kappa shape index (κ3) is 5.71. The van der Waals surface area contributed by atoms with E-state index in [1.807, 2.05) is 0 Å². The van der Waals surface area contributed by atoms with Gasteiger partial charge in [-0.25, -0.2) is 0 Å². The van der Waals surface area contributed by atoms with Gasteiger partial charge in [-0.15, -0.1) is 0 Å². The van der Waals surface area contributed by atoms with Gasteiger partial charge >= 0.3 is 0 Å². The molecule has 0 aromatic heterocycles. The first-order valence-corrected chi connectivity index (χ1v) is 14.1. The lowest BCUT2D eigenvalue weighted by Crippen LogP contribution is -2.27. The summed E-state index contributed by atoms with van der Waals surface area (Å²) in [6.07, 6.45) is 3.70. The lowest BCUT2D eigenvalue weighted by Gasteiger charge is -2.32. The molecule has 0 amide bonds. The second-order valence-electron chi connectivity index (χ2n) is 7.77. The van der Waals surface area contributed by atoms with Gasteiger partial charge in [0.25, 0.3) is 0 Å². The van der Waals surface area contributed by atoms with Crippen molar-refractivity contribution in [1.29, 1.82) is 0 Å². The predicted octanol–water partition coefficient (Wildman–Crippen LogP) is 6.42. The van der Waals surface area contributed by atoms with Gasteiger partial charge in [-0.3, -0.25) is 0 Å². The predicted molar refractivity (Wildman–Crippen MR) is 142 cm³/mol. The van der Waals surface area contributed by atoms with E-state index >= 15 is 0 Å². The molecule has 2 heteroatoms. The summed E-state index contributed by atoms with van der Waals surface area (Å²) in [4.78, 5) is 0. The Morgan fingerprint density at radius 3 is 1.23 bits per heavy atom. The summed E-state index contributed by atoms with van der Waals surface area (Å²) in [6.45, 7) is 2.34. The highest BCUT2D eigenvalue weighted by Crippen LogP contribution is 2.48. The number of hydrogen-bond donors (Lipinski definition) is 0. The van der Waals surface area contributed by atoms with Crippen molar-refractivity contribution >= 4 is 37.1 Å². The van der Waals surface area contributed by atoms with Crippen molar-refractivity contribution in [3.05, 3.63) is 121 Å². The van der Waals surface area contributed by atoms with Crippen LogP contribution in [-0.2, 0) is 0 Å². The zero-order valence-corrected chi connectivity index (χ0v) is 19.9. The standard InChI is InChI=1S/C29H30P2/c1-2-15-29(31(27-20-11-5-12-21-27)28-22-13-6-14-23-28)24-30(25-16-7-3-8-17-25)26-18-9-4-10-19-26/h3-14,16-23,29H,2,15,24H2,1H3. The Hall–Kier alpha value is -2.26. The number of benzene rings is 4. The lowest BCUT2D eigenvalue weighted by molar-refractivity contribution is 0.787. The fourth-order valence-electron chi connectivity index (χ4n) is 4.17. The maximum Gasteiger partial charge on any atom is -0.00836 e. The van der Waals surface area contributed by atoms with E-state index in [-0.39, 0.29) is 0 Å². The van der Waals surface area contributed by atoms with Gasteiger partial charge in [-0.1, -0.05) is 135 Å². The third-order valence-electron chi connectivity index (χ3n) is 5.58. The highest BCUT2D eigenvalue weighted by Gasteiger charge is 2.28. The third-order valence-corrected chi connectivity index (χ3v) is 11.4. The summed E-state index contributed by atoms with van der Waals surface area (Å²) in [5.74, 6) is 0. The van der Waals surface area contributed by atoms with E-state index in [9.17, 15) is 0 Å². The van der Waals surface area contributed by atoms with Crippen LogP contribution in [0, 0.1) is 0 Å². The van der Waals surface area contributed by atoms with Crippen molar-refractivity contribution in [2.75, 3.05) is 6.16 Å². The molecule has 0 saturated heterocycles. The van der Waals surface area contributed by atoms with Gasteiger partial charge < -0.3 is 0 Å². The van der Waals surface area contributed by atoms with E-state index in [0.717, 1.165) is 0 Å². The van der Waals surface area contributed by atoms with Crippen LogP contribution in [-0.4, -0.2) is 11.8 Å². The molecule has 4 aromatic carbocycles. The molecule has 156 valence electrons. The molecule has 4 rings (SSSR count). The Labute approximate surface area is 189 Å². The van der Waals surface area contributed by atoms with Crippen LogP contribution in [0.1, 0.15) is 19.8 Å². The van der Waals surface area contributed by atoms with Crippen LogP contribution < -0.4 is 21.2 Å². The van der Waals surface area contributed by atoms with Gasteiger partial charge in [-0.2, -0.15) is 0 Å². The first-order chi connectivity index (χ1) is 15.4. The minimum atomic E-state index is -0.417. The lowest BCUT2D eigenvalue weighted by atomic mass is 10.3. The van der Waals surface area contributed by atoms with Crippen molar-refractivity contribution < 1.29 is 0 Å². The van der Waals surface area contributed by atoms with E-state index < -0.39 is 15.8 Å². The molecule has 0 aliphatic heterocycles. The van der Waals surface area contributed by atoms with Crippen molar-refractivity contribution in [1.82, 2.24) is 0 Å². The van der Waals surface area contributed by atoms with Crippen LogP contribution in [0.3, 0.4) is 0 Å². The van der Waals surface area contributed by atoms with Crippen molar-refractivity contribution in [2.24, 2.45) is 0 Å². The normalized spacial score (nSPS) is 12.2. The zero-order valence-electron chi connectivity index (χ0n) is 18.1. The summed E-state index contributed by atoms with van der Waals surface area (Å²) in [5, 5.41) is 5.97. The minimum Gasteiger partial charge on any atom is -0.0654 e. The van der Waals surface area contributed by atoms with Gasteiger partial charge in [0.05, 0.1) is 0 Å². The molecule has 0 fully saturated rings. The first-order valence-electron chi connectivity index (χ1n) is 11.1. The summed E-state index contributed by atoms with van der Waals surface area (Å²) in [5.41, 5.74) is 0.649. The largest absolute Gasteiger partial charge is 0.0654 e. The summed E-state index contributed by atoms with van der Waals surface area (Å²) in [7, 11) is -0.816. The molecule has 31 heavy (non-hydrogen) atoms. The molecular formula is C29H30P2. The Morgan fingerprint density at radius 2 is 0.871 bits per heavy atom. The highest BCUT2D eigenvalue weighted by molar-refractivity contribution is 7.77. The topological polar surface area (TPSA) is 0 Å². The fraction of sp³-hybridized carbons (Fsp3) is 0.172. The van der Waals surface area contributed by atoms with E-state index in [4.69, 9.17) is 0 Å². The molecule has 4 aromatic rings. The van der Waals surface area contributed by atoms with Crippen LogP contribution in [0.4, 0.5) is 0 Å². The molecule has 0 heterocycles. The molecule has 0 spiro atoms. The van der Waals surface area contributed by atoms with Crippen LogP contribution in [0.15, 0.2) is 121 Å². The number of rotatable bonds is 9. The molecular weight excluding hydrogens is 410 g/mol. The van der Waals surface area contributed by atoms with E-state index in [1.165, 1.54) is 40.2 Å². The second kappa shape index (κ2) is 11.4. The van der Waals surface area contributed by atoms with Gasteiger partial charge in [-0.05, 0) is 55.3 Å². The Balaban J connectivity index is 1.76. The molecule has 0 radical (unpaired) electrons. The maximum atomic E-state index is 2.34. The molecule has 1 unspecified atom stereocenters. The summed E-state index contributed by atoms with van der Waals surface area (Å²) < 4.78 is 0. The minimum absolute atomic E-state index is 0.399. The molecule has 0 aliphatic carbocycles. The molecule has 0 N–H and O–H groups in total. The highest BCUT2D eigenvalue weighted by atomic mass is 31.1. The van der Waals surface area contributed by atoms with E-state index in [0.29, 0.717) is 5.66 Å². The SMILES string of the molecule is CCCC(CP(c1ccccc1)c1ccccc1)P(c1ccccc1)c1ccccc1. The maximum absolute atomic E-state index is 2.34. The van der Waals surface area contributed by atoms with Crippen LogP contribution in [0.25, 0.3) is 0 Å². The molecule has 0 saturated carbocycles. The molecule has 0 nitrogen and oxygen atoms in total. The van der Waals surface area contributed by atoms with Gasteiger partial charge in [0.15, 0.2) is 0 Å². The van der Waals surface area contributed by atoms with Crippen LogP contribution in [0.2, 0.25) is 0 Å². The summed E-state index contributed by atoms with van der Waals surface area (Å²) in [6, 6.07) is 44.8. The summed E-state index contributed by atoms with van der Waals surface area (Å²) >= 11 is 0. The van der Waals surface area contributed by atoms with E-state index in [1.54, 1.807) is 0 Å². The van der Waals surface area contributed by atoms with Gasteiger partial charge in [0.2, 0.25) is 0 Å². The van der Waals surface area contributed by atoms with Crippen molar-refractivity contribution in [3.63, 3.8) is 0 Å². The zero-order chi connectivity index (χ0) is 21.3. The Morgan fingerprint density at radius 1 is 0.516 bits per heavy atom. The Bertz CT molecular complexity index is 938. The van der Waals surface area contributed by atoms with Gasteiger partial charge in [0.1, 0.15) is 0 Å². The van der Waals surface area contributed by atoms with Gasteiger partial charge in [0, 0.05) is 0 Å². The molecule has 0 aliphatic rings.